The summed E-state index contributed by atoms with van der Waals surface area (Å²) in [7, 11) is 1.77. The van der Waals surface area contributed by atoms with Gasteiger partial charge >= 0.3 is 5.69 Å². The standard InChI is InChI=1S/C36H38F2N8O2/c1-8-25(47)44-16-21(6)45-22(17-44)12-14-43(7)33-28-34(30(38)27(29(33)37)26-19(4)9-10-24-23(26)15-40-42-24)46(36(48)41-35(28)45)32-20(5)11-13-39-31(32)18(2)3/h8-11,13,15,18,21-22H,1,12,14,16-17H2,2-7H3,(H,40,42). The summed E-state index contributed by atoms with van der Waals surface area (Å²) < 4.78 is 36.6. The number of anilines is 2. The summed E-state index contributed by atoms with van der Waals surface area (Å²) in [6, 6.07) is 4.82. The number of H-pyrrole nitrogens is 1. The first kappa shape index (κ1) is 31.5. The van der Waals surface area contributed by atoms with Crippen molar-refractivity contribution in [3.8, 4) is 16.8 Å². The van der Waals surface area contributed by atoms with Crippen molar-refractivity contribution < 1.29 is 13.6 Å². The van der Waals surface area contributed by atoms with Gasteiger partial charge in [-0.3, -0.25) is 19.4 Å². The van der Waals surface area contributed by atoms with Gasteiger partial charge in [-0.15, -0.1) is 0 Å². The summed E-state index contributed by atoms with van der Waals surface area (Å²) >= 11 is 0. The van der Waals surface area contributed by atoms with Crippen LogP contribution in [-0.4, -0.2) is 74.3 Å². The molecule has 10 nitrogen and oxygen atoms in total. The van der Waals surface area contributed by atoms with Gasteiger partial charge in [0.1, 0.15) is 11.3 Å². The van der Waals surface area contributed by atoms with Gasteiger partial charge < -0.3 is 14.7 Å². The third kappa shape index (κ3) is 4.60. The Labute approximate surface area is 276 Å². The predicted molar refractivity (Wildman–Crippen MR) is 184 cm³/mol. The third-order valence-corrected chi connectivity index (χ3v) is 9.87. The number of halogens is 2. The summed E-state index contributed by atoms with van der Waals surface area (Å²) in [5.41, 5.74) is 2.51. The minimum Gasteiger partial charge on any atom is -0.371 e. The highest BCUT2D eigenvalue weighted by Crippen LogP contribution is 2.47. The number of aryl methyl sites for hydroxylation is 2. The number of aromatic amines is 1. The van der Waals surface area contributed by atoms with Crippen LogP contribution >= 0.6 is 0 Å². The van der Waals surface area contributed by atoms with E-state index >= 15 is 8.78 Å². The van der Waals surface area contributed by atoms with Crippen LogP contribution in [0.25, 0.3) is 38.6 Å². The maximum absolute atomic E-state index is 17.9. The number of aromatic nitrogens is 5. The fraction of sp³-hybridized carbons (Fsp3) is 0.361. The molecule has 2 atom stereocenters. The number of nitrogens with one attached hydrogen (secondary N) is 1. The summed E-state index contributed by atoms with van der Waals surface area (Å²) in [6.07, 6.45) is 5.06. The molecule has 3 aromatic heterocycles. The maximum atomic E-state index is 17.9. The number of hydrogen-bond acceptors (Lipinski definition) is 7. The Kier molecular flexibility index (Phi) is 7.56. The molecule has 1 saturated heterocycles. The Bertz CT molecular complexity index is 2210. The number of carbonyl (C=O) groups excluding carboxylic acids is 1. The fourth-order valence-corrected chi connectivity index (χ4v) is 7.65. The number of fused-ring (bicyclic) bond motifs is 3. The van der Waals surface area contributed by atoms with Crippen LogP contribution in [0.2, 0.25) is 0 Å². The van der Waals surface area contributed by atoms with Crippen molar-refractivity contribution in [1.82, 2.24) is 29.6 Å². The Balaban J connectivity index is 1.67. The zero-order valence-electron chi connectivity index (χ0n) is 27.9. The van der Waals surface area contributed by atoms with E-state index in [1.165, 1.54) is 10.6 Å². The molecule has 7 rings (SSSR count). The molecule has 0 bridgehead atoms. The lowest BCUT2D eigenvalue weighted by Gasteiger charge is -2.48. The van der Waals surface area contributed by atoms with Crippen LogP contribution in [0.15, 0.2) is 48.0 Å². The first-order valence-electron chi connectivity index (χ1n) is 16.2. The molecule has 0 aliphatic carbocycles. The van der Waals surface area contributed by atoms with Gasteiger partial charge in [0, 0.05) is 49.9 Å². The number of hydrogen-bond donors (Lipinski definition) is 1. The number of rotatable bonds is 4. The van der Waals surface area contributed by atoms with E-state index in [-0.39, 0.29) is 51.9 Å². The van der Waals surface area contributed by atoms with Crippen molar-refractivity contribution in [3.05, 3.63) is 82.2 Å². The number of carbonyl (C=O) groups is 1. The molecule has 1 N–H and O–H groups in total. The summed E-state index contributed by atoms with van der Waals surface area (Å²) in [5.74, 6) is -1.73. The molecule has 1 fully saturated rings. The predicted octanol–water partition coefficient (Wildman–Crippen LogP) is 5.77. The average molecular weight is 653 g/mol. The summed E-state index contributed by atoms with van der Waals surface area (Å²) in [4.78, 5) is 42.0. The fourth-order valence-electron chi connectivity index (χ4n) is 7.65. The van der Waals surface area contributed by atoms with Crippen molar-refractivity contribution in [2.24, 2.45) is 0 Å². The minimum absolute atomic E-state index is 0.0707. The highest BCUT2D eigenvalue weighted by atomic mass is 19.1. The van der Waals surface area contributed by atoms with Gasteiger partial charge in [0.25, 0.3) is 0 Å². The largest absolute Gasteiger partial charge is 0.371 e. The van der Waals surface area contributed by atoms with Crippen molar-refractivity contribution in [1.29, 1.82) is 0 Å². The monoisotopic (exact) mass is 652 g/mol. The zero-order valence-corrected chi connectivity index (χ0v) is 27.9. The molecule has 0 radical (unpaired) electrons. The van der Waals surface area contributed by atoms with Gasteiger partial charge in [0.15, 0.2) is 11.6 Å². The molecule has 2 aromatic carbocycles. The van der Waals surface area contributed by atoms with Crippen LogP contribution in [-0.2, 0) is 4.79 Å². The van der Waals surface area contributed by atoms with Crippen LogP contribution in [0.5, 0.6) is 0 Å². The Hall–Kier alpha value is -5.13. The van der Waals surface area contributed by atoms with E-state index in [9.17, 15) is 9.59 Å². The number of benzene rings is 2. The van der Waals surface area contributed by atoms with Gasteiger partial charge in [-0.1, -0.05) is 26.5 Å². The Morgan fingerprint density at radius 3 is 2.58 bits per heavy atom. The van der Waals surface area contributed by atoms with Crippen molar-refractivity contribution in [2.45, 2.75) is 59.0 Å². The van der Waals surface area contributed by atoms with E-state index in [1.807, 2.05) is 38.7 Å². The molecule has 0 spiro atoms. The lowest BCUT2D eigenvalue weighted by atomic mass is 9.92. The lowest BCUT2D eigenvalue weighted by molar-refractivity contribution is -0.127. The summed E-state index contributed by atoms with van der Waals surface area (Å²) in [5, 5.41) is 7.84. The van der Waals surface area contributed by atoms with E-state index in [4.69, 9.17) is 0 Å². The molecular formula is C36H38F2N8O2. The van der Waals surface area contributed by atoms with E-state index < -0.39 is 17.3 Å². The molecule has 12 heteroatoms. The van der Waals surface area contributed by atoms with E-state index in [0.29, 0.717) is 65.0 Å². The quantitative estimate of drug-likeness (QED) is 0.246. The molecule has 0 saturated carbocycles. The van der Waals surface area contributed by atoms with Crippen molar-refractivity contribution in [2.75, 3.05) is 36.5 Å². The van der Waals surface area contributed by atoms with E-state index in [1.54, 1.807) is 48.3 Å². The van der Waals surface area contributed by atoms with Crippen LogP contribution < -0.4 is 15.5 Å². The number of piperazine rings is 1. The van der Waals surface area contributed by atoms with Gasteiger partial charge in [0.05, 0.1) is 45.8 Å². The number of amides is 1. The van der Waals surface area contributed by atoms with Gasteiger partial charge in [0.2, 0.25) is 5.91 Å². The second-order valence-electron chi connectivity index (χ2n) is 13.3. The smallest absolute Gasteiger partial charge is 0.354 e. The van der Waals surface area contributed by atoms with Crippen LogP contribution in [0, 0.1) is 25.5 Å². The maximum Gasteiger partial charge on any atom is 0.354 e. The van der Waals surface area contributed by atoms with E-state index in [0.717, 1.165) is 0 Å². The molecule has 2 aliphatic heterocycles. The minimum atomic E-state index is -0.875. The molecule has 2 aliphatic rings. The lowest BCUT2D eigenvalue weighted by Crippen LogP contribution is -2.60. The first-order chi connectivity index (χ1) is 22.9. The van der Waals surface area contributed by atoms with Crippen LogP contribution in [0.4, 0.5) is 20.3 Å². The molecular weight excluding hydrogens is 614 g/mol. The average Bonchev–Trinajstić information content (AvgIpc) is 3.52. The van der Waals surface area contributed by atoms with Crippen LogP contribution in [0.1, 0.15) is 49.9 Å². The molecule has 1 amide bonds. The molecule has 48 heavy (non-hydrogen) atoms. The Morgan fingerprint density at radius 2 is 1.85 bits per heavy atom. The highest BCUT2D eigenvalue weighted by Gasteiger charge is 2.40. The second kappa shape index (κ2) is 11.5. The van der Waals surface area contributed by atoms with Crippen molar-refractivity contribution in [3.63, 3.8) is 0 Å². The van der Waals surface area contributed by atoms with Gasteiger partial charge in [-0.05, 0) is 62.4 Å². The van der Waals surface area contributed by atoms with Crippen LogP contribution in [0.3, 0.4) is 0 Å². The molecule has 2 unspecified atom stereocenters. The topological polar surface area (TPSA) is 103 Å². The molecule has 248 valence electrons. The van der Waals surface area contributed by atoms with Crippen molar-refractivity contribution >= 4 is 39.2 Å². The third-order valence-electron chi connectivity index (χ3n) is 9.87. The van der Waals surface area contributed by atoms with Gasteiger partial charge in [-0.25, -0.2) is 13.6 Å². The normalized spacial score (nSPS) is 18.0. The Morgan fingerprint density at radius 1 is 1.08 bits per heavy atom. The second-order valence-corrected chi connectivity index (χ2v) is 13.3. The number of pyridine rings is 1. The molecule has 5 aromatic rings. The highest BCUT2D eigenvalue weighted by molar-refractivity contribution is 6.08. The first-order valence-corrected chi connectivity index (χ1v) is 16.2. The van der Waals surface area contributed by atoms with Gasteiger partial charge in [-0.2, -0.15) is 10.1 Å². The molecule has 5 heterocycles. The number of nitrogens with zero attached hydrogens (tertiary/aromatic N) is 7. The summed E-state index contributed by atoms with van der Waals surface area (Å²) in [6.45, 7) is 14.3. The van der Waals surface area contributed by atoms with E-state index in [2.05, 4.69) is 26.7 Å². The SMILES string of the molecule is C=CC(=O)N1CC(C)N2c3nc(=O)n(-c4c(C)ccnc4C(C)C)c4c(F)c(-c5c(C)ccc6[nH]ncc56)c(F)c(c34)N(C)CCC2C1. The zero-order chi connectivity index (χ0) is 34.2.